The molecule has 0 spiro atoms. The Bertz CT molecular complexity index is 1190. The van der Waals surface area contributed by atoms with E-state index < -0.39 is 0 Å². The van der Waals surface area contributed by atoms with Crippen molar-refractivity contribution in [3.8, 4) is 11.1 Å². The van der Waals surface area contributed by atoms with E-state index in [1.807, 2.05) is 18.5 Å². The normalized spacial score (nSPS) is 16.5. The van der Waals surface area contributed by atoms with Crippen LogP contribution in [0.1, 0.15) is 17.5 Å². The minimum atomic E-state index is 0.959. The standard InChI is InChI=1S/C26H20N2/c1-3-7-19(8-4-1)20-11-12-22-13-14-24-23(21-9-5-2-6-10-21)16-18-28-26(24)25(22)27-17-15-20/h1-10,13-18H,11-12H2/b20-15+,27-17-. The van der Waals surface area contributed by atoms with E-state index in [0.717, 1.165) is 29.4 Å². The molecule has 0 unspecified atom stereocenters. The van der Waals surface area contributed by atoms with Gasteiger partial charge in [0, 0.05) is 17.8 Å². The molecule has 0 N–H and O–H groups in total. The van der Waals surface area contributed by atoms with E-state index in [9.17, 15) is 0 Å². The fourth-order valence-electron chi connectivity index (χ4n) is 3.91. The van der Waals surface area contributed by atoms with Gasteiger partial charge in [0.1, 0.15) is 0 Å². The zero-order valence-electron chi connectivity index (χ0n) is 15.5. The molecule has 0 bridgehead atoms. The first-order valence-corrected chi connectivity index (χ1v) is 9.65. The molecule has 2 heterocycles. The first kappa shape index (κ1) is 16.6. The smallest absolute Gasteiger partial charge is 0.0967 e. The molecule has 2 heteroatoms. The number of aryl methyl sites for hydroxylation is 1. The van der Waals surface area contributed by atoms with Crippen molar-refractivity contribution in [2.75, 3.05) is 0 Å². The van der Waals surface area contributed by atoms with E-state index in [-0.39, 0.29) is 0 Å². The maximum atomic E-state index is 4.82. The van der Waals surface area contributed by atoms with Crippen molar-refractivity contribution in [3.05, 3.63) is 102 Å². The van der Waals surface area contributed by atoms with Crippen molar-refractivity contribution in [3.63, 3.8) is 0 Å². The van der Waals surface area contributed by atoms with Gasteiger partial charge in [-0.15, -0.1) is 0 Å². The maximum Gasteiger partial charge on any atom is 0.0967 e. The SMILES string of the molecule is C1=N\c2c(ccc3c(-c4ccccc4)ccnc23)CC\C(c2ccccc2)=C/1. The van der Waals surface area contributed by atoms with E-state index in [1.165, 1.54) is 27.8 Å². The summed E-state index contributed by atoms with van der Waals surface area (Å²) in [4.78, 5) is 9.52. The zero-order chi connectivity index (χ0) is 18.8. The summed E-state index contributed by atoms with van der Waals surface area (Å²) in [5.41, 5.74) is 8.22. The molecule has 0 saturated heterocycles. The second-order valence-electron chi connectivity index (χ2n) is 7.03. The summed E-state index contributed by atoms with van der Waals surface area (Å²) in [6, 6.07) is 27.5. The van der Waals surface area contributed by atoms with Crippen molar-refractivity contribution in [1.29, 1.82) is 0 Å². The molecule has 5 rings (SSSR count). The second kappa shape index (κ2) is 7.24. The van der Waals surface area contributed by atoms with E-state index in [2.05, 4.69) is 78.9 Å². The molecule has 3 aromatic carbocycles. The van der Waals surface area contributed by atoms with Crippen LogP contribution in [-0.2, 0) is 6.42 Å². The average molecular weight is 360 g/mol. The van der Waals surface area contributed by atoms with Gasteiger partial charge in [-0.2, -0.15) is 0 Å². The summed E-state index contributed by atoms with van der Waals surface area (Å²) in [6.45, 7) is 0. The Kier molecular flexibility index (Phi) is 4.30. The van der Waals surface area contributed by atoms with Gasteiger partial charge in [-0.3, -0.25) is 9.98 Å². The van der Waals surface area contributed by atoms with Gasteiger partial charge in [0.15, 0.2) is 0 Å². The van der Waals surface area contributed by atoms with Crippen molar-refractivity contribution in [2.45, 2.75) is 12.8 Å². The van der Waals surface area contributed by atoms with Crippen LogP contribution < -0.4 is 0 Å². The van der Waals surface area contributed by atoms with Crippen molar-refractivity contribution in [2.24, 2.45) is 4.99 Å². The summed E-state index contributed by atoms with van der Waals surface area (Å²) in [7, 11) is 0. The van der Waals surface area contributed by atoms with Gasteiger partial charge in [-0.05, 0) is 52.8 Å². The highest BCUT2D eigenvalue weighted by molar-refractivity contribution is 6.02. The molecular weight excluding hydrogens is 340 g/mol. The Morgan fingerprint density at radius 3 is 2.21 bits per heavy atom. The van der Waals surface area contributed by atoms with Crippen LogP contribution in [0.2, 0.25) is 0 Å². The van der Waals surface area contributed by atoms with E-state index in [4.69, 9.17) is 9.98 Å². The van der Waals surface area contributed by atoms with Crippen molar-refractivity contribution < 1.29 is 0 Å². The number of pyridine rings is 1. The summed E-state index contributed by atoms with van der Waals surface area (Å²) < 4.78 is 0. The molecular formula is C26H20N2. The number of nitrogens with zero attached hydrogens (tertiary/aromatic N) is 2. The molecule has 0 radical (unpaired) electrons. The highest BCUT2D eigenvalue weighted by Gasteiger charge is 2.14. The minimum Gasteiger partial charge on any atom is -0.254 e. The molecule has 1 aromatic heterocycles. The van der Waals surface area contributed by atoms with Crippen LogP contribution in [0.25, 0.3) is 27.6 Å². The fourth-order valence-corrected chi connectivity index (χ4v) is 3.91. The molecule has 4 aromatic rings. The third-order valence-electron chi connectivity index (χ3n) is 5.34. The predicted octanol–water partition coefficient (Wildman–Crippen LogP) is 6.63. The molecule has 0 fully saturated rings. The number of fused-ring (bicyclic) bond motifs is 3. The van der Waals surface area contributed by atoms with Crippen molar-refractivity contribution in [1.82, 2.24) is 4.98 Å². The highest BCUT2D eigenvalue weighted by atomic mass is 14.8. The molecule has 0 amide bonds. The molecule has 0 saturated carbocycles. The summed E-state index contributed by atoms with van der Waals surface area (Å²) in [5, 5.41) is 1.15. The Balaban J connectivity index is 1.62. The van der Waals surface area contributed by atoms with Crippen LogP contribution in [0.15, 0.2) is 96.1 Å². The molecule has 28 heavy (non-hydrogen) atoms. The largest absolute Gasteiger partial charge is 0.254 e. The molecule has 0 atom stereocenters. The average Bonchev–Trinajstić information content (AvgIpc) is 2.75. The van der Waals surface area contributed by atoms with Gasteiger partial charge in [-0.25, -0.2) is 0 Å². The number of rotatable bonds is 2. The third-order valence-corrected chi connectivity index (χ3v) is 5.34. The van der Waals surface area contributed by atoms with Gasteiger partial charge >= 0.3 is 0 Å². The zero-order valence-corrected chi connectivity index (χ0v) is 15.5. The lowest BCUT2D eigenvalue weighted by atomic mass is 9.94. The quantitative estimate of drug-likeness (QED) is 0.394. The monoisotopic (exact) mass is 360 g/mol. The Labute approximate surface area is 164 Å². The van der Waals surface area contributed by atoms with E-state index >= 15 is 0 Å². The molecule has 1 aliphatic heterocycles. The van der Waals surface area contributed by atoms with Gasteiger partial charge in [0.25, 0.3) is 0 Å². The Morgan fingerprint density at radius 2 is 1.43 bits per heavy atom. The van der Waals surface area contributed by atoms with Crippen LogP contribution >= 0.6 is 0 Å². The van der Waals surface area contributed by atoms with Crippen molar-refractivity contribution >= 4 is 28.4 Å². The topological polar surface area (TPSA) is 25.2 Å². The number of aliphatic imine (C=N–C) groups is 1. The van der Waals surface area contributed by atoms with Gasteiger partial charge < -0.3 is 0 Å². The molecule has 1 aliphatic rings. The van der Waals surface area contributed by atoms with Crippen LogP contribution in [0.3, 0.4) is 0 Å². The van der Waals surface area contributed by atoms with Gasteiger partial charge in [-0.1, -0.05) is 72.8 Å². The lowest BCUT2D eigenvalue weighted by Crippen LogP contribution is -1.96. The molecule has 134 valence electrons. The Morgan fingerprint density at radius 1 is 0.679 bits per heavy atom. The van der Waals surface area contributed by atoms with E-state index in [1.54, 1.807) is 0 Å². The van der Waals surface area contributed by atoms with Crippen LogP contribution in [0.4, 0.5) is 5.69 Å². The number of hydrogen-bond acceptors (Lipinski definition) is 2. The van der Waals surface area contributed by atoms with E-state index in [0.29, 0.717) is 0 Å². The lowest BCUT2D eigenvalue weighted by Gasteiger charge is -2.15. The summed E-state index contributed by atoms with van der Waals surface area (Å²) in [5.74, 6) is 0. The number of hydrogen-bond donors (Lipinski definition) is 0. The number of allylic oxidation sites excluding steroid dienone is 2. The minimum absolute atomic E-state index is 0.959. The number of benzene rings is 3. The fraction of sp³-hybridized carbons (Fsp3) is 0.0769. The first-order valence-electron chi connectivity index (χ1n) is 9.65. The van der Waals surface area contributed by atoms with Crippen LogP contribution in [-0.4, -0.2) is 11.2 Å². The lowest BCUT2D eigenvalue weighted by molar-refractivity contribution is 1.01. The van der Waals surface area contributed by atoms with Crippen LogP contribution in [0.5, 0.6) is 0 Å². The molecule has 2 nitrogen and oxygen atoms in total. The molecule has 0 aliphatic carbocycles. The maximum absolute atomic E-state index is 4.82. The Hall–Kier alpha value is -3.52. The van der Waals surface area contributed by atoms with Gasteiger partial charge in [0.2, 0.25) is 0 Å². The van der Waals surface area contributed by atoms with Crippen LogP contribution in [0, 0.1) is 0 Å². The summed E-state index contributed by atoms with van der Waals surface area (Å²) in [6.07, 6.45) is 7.91. The highest BCUT2D eigenvalue weighted by Crippen LogP contribution is 2.36. The van der Waals surface area contributed by atoms with Gasteiger partial charge in [0.05, 0.1) is 11.2 Å². The summed E-state index contributed by atoms with van der Waals surface area (Å²) >= 11 is 0. The first-order chi connectivity index (χ1) is 13.9. The third kappa shape index (κ3) is 3.03. The number of aromatic nitrogens is 1. The second-order valence-corrected chi connectivity index (χ2v) is 7.03. The predicted molar refractivity (Wildman–Crippen MR) is 118 cm³/mol.